The van der Waals surface area contributed by atoms with Gasteiger partial charge in [0.1, 0.15) is 12.4 Å². The van der Waals surface area contributed by atoms with Crippen molar-refractivity contribution in [3.8, 4) is 5.75 Å². The number of carbonyl (C=O) groups is 1. The van der Waals surface area contributed by atoms with Gasteiger partial charge in [-0.3, -0.25) is 9.79 Å². The van der Waals surface area contributed by atoms with E-state index in [4.69, 9.17) is 4.74 Å². The molecule has 0 atom stereocenters. The van der Waals surface area contributed by atoms with Crippen LogP contribution in [0.3, 0.4) is 0 Å². The summed E-state index contributed by atoms with van der Waals surface area (Å²) in [6, 6.07) is 14.5. The number of hydrogen-bond donors (Lipinski definition) is 3. The lowest BCUT2D eigenvalue weighted by Crippen LogP contribution is -2.37. The van der Waals surface area contributed by atoms with E-state index in [1.165, 1.54) is 0 Å². The molecule has 8 heteroatoms. The SMILES string of the molecule is CN=C(NCCc1cccc(C(=O)NC)c1)NCc1cccc(OCC(F)F)c1. The zero-order chi connectivity index (χ0) is 21.1. The van der Waals surface area contributed by atoms with Gasteiger partial charge in [-0.1, -0.05) is 24.3 Å². The number of guanidine groups is 1. The Morgan fingerprint density at radius 2 is 1.86 bits per heavy atom. The van der Waals surface area contributed by atoms with Crippen LogP contribution < -0.4 is 20.7 Å². The Balaban J connectivity index is 1.81. The maximum atomic E-state index is 12.3. The van der Waals surface area contributed by atoms with E-state index in [9.17, 15) is 13.6 Å². The number of amides is 1. The average molecular weight is 404 g/mol. The molecule has 0 unspecified atom stereocenters. The average Bonchev–Trinajstić information content (AvgIpc) is 2.74. The van der Waals surface area contributed by atoms with Gasteiger partial charge in [-0.15, -0.1) is 0 Å². The predicted molar refractivity (Wildman–Crippen MR) is 110 cm³/mol. The third-order valence-corrected chi connectivity index (χ3v) is 4.08. The van der Waals surface area contributed by atoms with Crippen molar-refractivity contribution < 1.29 is 18.3 Å². The normalized spacial score (nSPS) is 11.3. The van der Waals surface area contributed by atoms with Crippen LogP contribution in [0.1, 0.15) is 21.5 Å². The van der Waals surface area contributed by atoms with Gasteiger partial charge in [0.05, 0.1) is 0 Å². The van der Waals surface area contributed by atoms with Crippen molar-refractivity contribution in [2.75, 3.05) is 27.2 Å². The molecule has 0 spiro atoms. The number of rotatable bonds is 9. The van der Waals surface area contributed by atoms with E-state index in [-0.39, 0.29) is 5.91 Å². The highest BCUT2D eigenvalue weighted by molar-refractivity contribution is 5.94. The van der Waals surface area contributed by atoms with Crippen LogP contribution in [0, 0.1) is 0 Å². The number of alkyl halides is 2. The van der Waals surface area contributed by atoms with Gasteiger partial charge in [-0.25, -0.2) is 8.78 Å². The molecule has 2 aromatic rings. The lowest BCUT2D eigenvalue weighted by molar-refractivity contribution is 0.0818. The van der Waals surface area contributed by atoms with Gasteiger partial charge < -0.3 is 20.7 Å². The fourth-order valence-electron chi connectivity index (χ4n) is 2.65. The molecule has 1 amide bonds. The Morgan fingerprint density at radius 3 is 2.59 bits per heavy atom. The lowest BCUT2D eigenvalue weighted by Gasteiger charge is -2.13. The van der Waals surface area contributed by atoms with E-state index in [1.807, 2.05) is 24.3 Å². The Kier molecular flexibility index (Phi) is 8.88. The minimum Gasteiger partial charge on any atom is -0.488 e. The second kappa shape index (κ2) is 11.6. The highest BCUT2D eigenvalue weighted by atomic mass is 19.3. The Bertz CT molecular complexity index is 828. The smallest absolute Gasteiger partial charge is 0.272 e. The molecular formula is C21H26F2N4O2. The van der Waals surface area contributed by atoms with Crippen molar-refractivity contribution in [2.24, 2.45) is 4.99 Å². The summed E-state index contributed by atoms with van der Waals surface area (Å²) >= 11 is 0. The summed E-state index contributed by atoms with van der Waals surface area (Å²) < 4.78 is 29.6. The number of hydrogen-bond acceptors (Lipinski definition) is 3. The first kappa shape index (κ1) is 22.1. The molecule has 0 aromatic heterocycles. The zero-order valence-electron chi connectivity index (χ0n) is 16.5. The van der Waals surface area contributed by atoms with Gasteiger partial charge in [0.25, 0.3) is 12.3 Å². The minimum absolute atomic E-state index is 0.114. The minimum atomic E-state index is -2.50. The number of halogens is 2. The second-order valence-electron chi connectivity index (χ2n) is 6.23. The predicted octanol–water partition coefficient (Wildman–Crippen LogP) is 2.60. The first-order valence-electron chi connectivity index (χ1n) is 9.27. The number of carbonyl (C=O) groups excluding carboxylic acids is 1. The van der Waals surface area contributed by atoms with Crippen molar-refractivity contribution >= 4 is 11.9 Å². The van der Waals surface area contributed by atoms with Crippen LogP contribution in [0.4, 0.5) is 8.78 Å². The van der Waals surface area contributed by atoms with E-state index in [2.05, 4.69) is 20.9 Å². The molecule has 0 aliphatic carbocycles. The first-order chi connectivity index (χ1) is 14.0. The van der Waals surface area contributed by atoms with Crippen LogP contribution in [-0.2, 0) is 13.0 Å². The Hall–Kier alpha value is -3.16. The molecule has 2 aromatic carbocycles. The maximum Gasteiger partial charge on any atom is 0.272 e. The summed E-state index contributed by atoms with van der Waals surface area (Å²) in [6.45, 7) is 0.480. The summed E-state index contributed by atoms with van der Waals surface area (Å²) in [5.74, 6) is 0.909. The summed E-state index contributed by atoms with van der Waals surface area (Å²) in [4.78, 5) is 15.9. The van der Waals surface area contributed by atoms with Crippen LogP contribution >= 0.6 is 0 Å². The summed E-state index contributed by atoms with van der Waals surface area (Å²) in [6.07, 6.45) is -1.78. The fraction of sp³-hybridized carbons (Fsp3) is 0.333. The molecule has 0 saturated carbocycles. The van der Waals surface area contributed by atoms with Crippen molar-refractivity contribution in [2.45, 2.75) is 19.4 Å². The monoisotopic (exact) mass is 404 g/mol. The topological polar surface area (TPSA) is 74.8 Å². The number of aliphatic imine (C=N–C) groups is 1. The van der Waals surface area contributed by atoms with Gasteiger partial charge in [0, 0.05) is 32.7 Å². The Labute approximate surface area is 169 Å². The van der Waals surface area contributed by atoms with Crippen molar-refractivity contribution in [3.05, 3.63) is 65.2 Å². The molecule has 0 radical (unpaired) electrons. The van der Waals surface area contributed by atoms with Gasteiger partial charge in [-0.2, -0.15) is 0 Å². The molecule has 156 valence electrons. The summed E-state index contributed by atoms with van der Waals surface area (Å²) in [5.41, 5.74) is 2.55. The fourth-order valence-corrected chi connectivity index (χ4v) is 2.65. The van der Waals surface area contributed by atoms with E-state index in [0.29, 0.717) is 30.4 Å². The molecule has 6 nitrogen and oxygen atoms in total. The first-order valence-corrected chi connectivity index (χ1v) is 9.27. The molecular weight excluding hydrogens is 378 g/mol. The van der Waals surface area contributed by atoms with E-state index >= 15 is 0 Å². The largest absolute Gasteiger partial charge is 0.488 e. The third-order valence-electron chi connectivity index (χ3n) is 4.08. The zero-order valence-corrected chi connectivity index (χ0v) is 16.5. The lowest BCUT2D eigenvalue weighted by atomic mass is 10.1. The molecule has 2 rings (SSSR count). The van der Waals surface area contributed by atoms with Gasteiger partial charge >= 0.3 is 0 Å². The van der Waals surface area contributed by atoms with Crippen LogP contribution in [0.15, 0.2) is 53.5 Å². The maximum absolute atomic E-state index is 12.3. The van der Waals surface area contributed by atoms with Crippen molar-refractivity contribution in [1.82, 2.24) is 16.0 Å². The highest BCUT2D eigenvalue weighted by Gasteiger charge is 2.06. The van der Waals surface area contributed by atoms with Crippen LogP contribution in [0.5, 0.6) is 5.75 Å². The molecule has 0 bridgehead atoms. The number of nitrogens with zero attached hydrogens (tertiary/aromatic N) is 1. The number of benzene rings is 2. The molecule has 0 heterocycles. The molecule has 3 N–H and O–H groups in total. The molecule has 29 heavy (non-hydrogen) atoms. The summed E-state index contributed by atoms with van der Waals surface area (Å²) in [7, 11) is 3.27. The molecule has 0 aliphatic heterocycles. The number of ether oxygens (including phenoxy) is 1. The van der Waals surface area contributed by atoms with Crippen LogP contribution in [0.25, 0.3) is 0 Å². The quantitative estimate of drug-likeness (QED) is 0.444. The van der Waals surface area contributed by atoms with Gasteiger partial charge in [0.15, 0.2) is 5.96 Å². The van der Waals surface area contributed by atoms with E-state index in [1.54, 1.807) is 38.4 Å². The van der Waals surface area contributed by atoms with Gasteiger partial charge in [-0.05, 0) is 41.8 Å². The summed E-state index contributed by atoms with van der Waals surface area (Å²) in [5, 5.41) is 9.00. The Morgan fingerprint density at radius 1 is 1.10 bits per heavy atom. The van der Waals surface area contributed by atoms with Crippen molar-refractivity contribution in [3.63, 3.8) is 0 Å². The second-order valence-corrected chi connectivity index (χ2v) is 6.23. The standard InChI is InChI=1S/C21H26F2N4O2/c1-24-20(28)17-7-3-5-15(11-17)9-10-26-21(25-2)27-13-16-6-4-8-18(12-16)29-14-19(22)23/h3-8,11-12,19H,9-10,13-14H2,1-2H3,(H,24,28)(H2,25,26,27). The van der Waals surface area contributed by atoms with Crippen LogP contribution in [-0.4, -0.2) is 45.5 Å². The number of nitrogens with one attached hydrogen (secondary N) is 3. The van der Waals surface area contributed by atoms with Crippen molar-refractivity contribution in [1.29, 1.82) is 0 Å². The molecule has 0 saturated heterocycles. The van der Waals surface area contributed by atoms with Crippen LogP contribution in [0.2, 0.25) is 0 Å². The molecule has 0 aliphatic rings. The van der Waals surface area contributed by atoms with E-state index < -0.39 is 13.0 Å². The molecule has 0 fully saturated rings. The van der Waals surface area contributed by atoms with E-state index in [0.717, 1.165) is 17.5 Å². The van der Waals surface area contributed by atoms with Gasteiger partial charge in [0.2, 0.25) is 0 Å². The highest BCUT2D eigenvalue weighted by Crippen LogP contribution is 2.14. The third kappa shape index (κ3) is 7.77.